The number of benzene rings is 1. The molecule has 0 aliphatic rings. The van der Waals surface area contributed by atoms with Gasteiger partial charge in [0.15, 0.2) is 0 Å². The largest absolute Gasteiger partial charge is 0.494 e. The van der Waals surface area contributed by atoms with E-state index in [1.54, 1.807) is 24.3 Å². The third-order valence-corrected chi connectivity index (χ3v) is 3.39. The standard InChI is InChI=1S/C17H21N3O2/c1-5-22-15-8-6-14(7-9-15)17(21)20-19-13(4)16-11(2)10-18-12(16)3/h6-10,18H,5H2,1-4H3,(H,20,21)/b19-13+. The molecule has 0 aliphatic heterocycles. The first-order valence-corrected chi connectivity index (χ1v) is 7.25. The van der Waals surface area contributed by atoms with Gasteiger partial charge in [0.05, 0.1) is 12.3 Å². The van der Waals surface area contributed by atoms with Crippen LogP contribution in [0, 0.1) is 13.8 Å². The molecule has 2 rings (SSSR count). The summed E-state index contributed by atoms with van der Waals surface area (Å²) in [6.07, 6.45) is 1.93. The fraction of sp³-hybridized carbons (Fsp3) is 0.294. The third kappa shape index (κ3) is 3.55. The van der Waals surface area contributed by atoms with E-state index < -0.39 is 0 Å². The second kappa shape index (κ2) is 6.93. The van der Waals surface area contributed by atoms with E-state index in [4.69, 9.17) is 4.74 Å². The predicted octanol–water partition coefficient (Wildman–Crippen LogP) is 3.18. The van der Waals surface area contributed by atoms with Gasteiger partial charge in [-0.15, -0.1) is 0 Å². The summed E-state index contributed by atoms with van der Waals surface area (Å²) in [7, 11) is 0. The van der Waals surface area contributed by atoms with Crippen LogP contribution in [0.3, 0.4) is 0 Å². The van der Waals surface area contributed by atoms with E-state index in [2.05, 4.69) is 15.5 Å². The summed E-state index contributed by atoms with van der Waals surface area (Å²) >= 11 is 0. The van der Waals surface area contributed by atoms with Gasteiger partial charge in [-0.25, -0.2) is 5.43 Å². The summed E-state index contributed by atoms with van der Waals surface area (Å²) in [6.45, 7) is 8.39. The Kier molecular flexibility index (Phi) is 4.99. The zero-order valence-electron chi connectivity index (χ0n) is 13.4. The summed E-state index contributed by atoms with van der Waals surface area (Å²) in [5.74, 6) is 0.505. The van der Waals surface area contributed by atoms with Crippen LogP contribution < -0.4 is 10.2 Å². The lowest BCUT2D eigenvalue weighted by atomic mass is 10.1. The number of rotatable bonds is 5. The molecule has 22 heavy (non-hydrogen) atoms. The number of hydrogen-bond donors (Lipinski definition) is 2. The monoisotopic (exact) mass is 299 g/mol. The summed E-state index contributed by atoms with van der Waals surface area (Å²) in [4.78, 5) is 15.2. The van der Waals surface area contributed by atoms with Crippen molar-refractivity contribution in [3.63, 3.8) is 0 Å². The molecule has 1 heterocycles. The molecule has 0 unspecified atom stereocenters. The van der Waals surface area contributed by atoms with Crippen molar-refractivity contribution in [3.8, 4) is 5.75 Å². The lowest BCUT2D eigenvalue weighted by Crippen LogP contribution is -2.19. The summed E-state index contributed by atoms with van der Waals surface area (Å²) < 4.78 is 5.35. The molecule has 2 aromatic rings. The van der Waals surface area contributed by atoms with Gasteiger partial charge in [-0.05, 0) is 57.5 Å². The number of hydrogen-bond acceptors (Lipinski definition) is 3. The van der Waals surface area contributed by atoms with Crippen LogP contribution in [-0.4, -0.2) is 23.2 Å². The first-order valence-electron chi connectivity index (χ1n) is 7.25. The van der Waals surface area contributed by atoms with Crippen LogP contribution in [0.25, 0.3) is 0 Å². The maximum absolute atomic E-state index is 12.1. The minimum Gasteiger partial charge on any atom is -0.494 e. The maximum Gasteiger partial charge on any atom is 0.271 e. The van der Waals surface area contributed by atoms with Crippen LogP contribution in [0.15, 0.2) is 35.6 Å². The number of nitrogens with one attached hydrogen (secondary N) is 2. The molecule has 0 bridgehead atoms. The lowest BCUT2D eigenvalue weighted by molar-refractivity contribution is 0.0955. The molecule has 0 aliphatic carbocycles. The van der Waals surface area contributed by atoms with Crippen molar-refractivity contribution in [2.24, 2.45) is 5.10 Å². The fourth-order valence-corrected chi connectivity index (χ4v) is 2.34. The normalized spacial score (nSPS) is 11.4. The number of ether oxygens (including phenoxy) is 1. The van der Waals surface area contributed by atoms with Crippen LogP contribution >= 0.6 is 0 Å². The van der Waals surface area contributed by atoms with Crippen molar-refractivity contribution in [1.82, 2.24) is 10.4 Å². The second-order valence-corrected chi connectivity index (χ2v) is 5.07. The van der Waals surface area contributed by atoms with E-state index in [0.717, 1.165) is 28.3 Å². The third-order valence-electron chi connectivity index (χ3n) is 3.39. The molecule has 0 saturated heterocycles. The van der Waals surface area contributed by atoms with Gasteiger partial charge in [0.2, 0.25) is 0 Å². The summed E-state index contributed by atoms with van der Waals surface area (Å²) in [5.41, 5.74) is 7.08. The Labute approximate surface area is 130 Å². The van der Waals surface area contributed by atoms with Gasteiger partial charge in [0, 0.05) is 23.0 Å². The van der Waals surface area contributed by atoms with Gasteiger partial charge in [-0.3, -0.25) is 4.79 Å². The highest BCUT2D eigenvalue weighted by Gasteiger charge is 2.09. The average molecular weight is 299 g/mol. The van der Waals surface area contributed by atoms with Gasteiger partial charge in [-0.2, -0.15) is 5.10 Å². The highest BCUT2D eigenvalue weighted by atomic mass is 16.5. The number of aryl methyl sites for hydroxylation is 2. The van der Waals surface area contributed by atoms with E-state index in [0.29, 0.717) is 12.2 Å². The molecule has 0 radical (unpaired) electrons. The molecule has 116 valence electrons. The minimum absolute atomic E-state index is 0.242. The van der Waals surface area contributed by atoms with Gasteiger partial charge in [-0.1, -0.05) is 0 Å². The smallest absolute Gasteiger partial charge is 0.271 e. The Morgan fingerprint density at radius 1 is 1.27 bits per heavy atom. The van der Waals surface area contributed by atoms with Gasteiger partial charge >= 0.3 is 0 Å². The first-order chi connectivity index (χ1) is 10.5. The molecule has 5 heteroatoms. The Hall–Kier alpha value is -2.56. The summed E-state index contributed by atoms with van der Waals surface area (Å²) in [6, 6.07) is 6.99. The number of H-pyrrole nitrogens is 1. The minimum atomic E-state index is -0.242. The van der Waals surface area contributed by atoms with Gasteiger partial charge in [0.1, 0.15) is 5.75 Å². The van der Waals surface area contributed by atoms with Crippen molar-refractivity contribution >= 4 is 11.6 Å². The number of hydrazone groups is 1. The van der Waals surface area contributed by atoms with Crippen LogP contribution in [0.2, 0.25) is 0 Å². The zero-order chi connectivity index (χ0) is 16.1. The maximum atomic E-state index is 12.1. The summed E-state index contributed by atoms with van der Waals surface area (Å²) in [5, 5.41) is 4.19. The number of nitrogens with zero attached hydrogens (tertiary/aromatic N) is 1. The van der Waals surface area contributed by atoms with Crippen molar-refractivity contribution < 1.29 is 9.53 Å². The number of carbonyl (C=O) groups excluding carboxylic acids is 1. The van der Waals surface area contributed by atoms with Crippen molar-refractivity contribution in [2.45, 2.75) is 27.7 Å². The SMILES string of the molecule is CCOc1ccc(C(=O)N/N=C(\C)c2c(C)c[nH]c2C)cc1. The quantitative estimate of drug-likeness (QED) is 0.657. The van der Waals surface area contributed by atoms with Gasteiger partial charge in [0.25, 0.3) is 5.91 Å². The number of amides is 1. The molecule has 1 aromatic carbocycles. The Morgan fingerprint density at radius 3 is 2.50 bits per heavy atom. The predicted molar refractivity (Wildman–Crippen MR) is 87.6 cm³/mol. The second-order valence-electron chi connectivity index (χ2n) is 5.07. The molecule has 0 fully saturated rings. The van der Waals surface area contributed by atoms with Crippen molar-refractivity contribution in [3.05, 3.63) is 52.8 Å². The van der Waals surface area contributed by atoms with E-state index in [9.17, 15) is 4.79 Å². The van der Waals surface area contributed by atoms with Crippen molar-refractivity contribution in [1.29, 1.82) is 0 Å². The van der Waals surface area contributed by atoms with E-state index >= 15 is 0 Å². The molecular weight excluding hydrogens is 278 g/mol. The van der Waals surface area contributed by atoms with E-state index in [1.165, 1.54) is 0 Å². The molecule has 0 spiro atoms. The van der Waals surface area contributed by atoms with E-state index in [1.807, 2.05) is 33.9 Å². The highest BCUT2D eigenvalue weighted by Crippen LogP contribution is 2.14. The molecule has 2 N–H and O–H groups in total. The van der Waals surface area contributed by atoms with Crippen molar-refractivity contribution in [2.75, 3.05) is 6.61 Å². The molecule has 5 nitrogen and oxygen atoms in total. The van der Waals surface area contributed by atoms with Crippen LogP contribution in [-0.2, 0) is 0 Å². The number of aromatic amines is 1. The lowest BCUT2D eigenvalue weighted by Gasteiger charge is -2.05. The molecular formula is C17H21N3O2. The topological polar surface area (TPSA) is 66.5 Å². The number of carbonyl (C=O) groups is 1. The molecule has 0 atom stereocenters. The van der Waals surface area contributed by atoms with Crippen LogP contribution in [0.5, 0.6) is 5.75 Å². The van der Waals surface area contributed by atoms with Crippen LogP contribution in [0.4, 0.5) is 0 Å². The number of aromatic nitrogens is 1. The Balaban J connectivity index is 2.07. The Bertz CT molecular complexity index is 665. The average Bonchev–Trinajstić information content (AvgIpc) is 2.85. The molecule has 0 saturated carbocycles. The highest BCUT2D eigenvalue weighted by molar-refractivity contribution is 6.02. The van der Waals surface area contributed by atoms with E-state index in [-0.39, 0.29) is 5.91 Å². The Morgan fingerprint density at radius 2 is 1.95 bits per heavy atom. The first kappa shape index (κ1) is 15.8. The molecule has 1 amide bonds. The zero-order valence-corrected chi connectivity index (χ0v) is 13.4. The molecule has 1 aromatic heterocycles. The van der Waals surface area contributed by atoms with Crippen LogP contribution in [0.1, 0.15) is 41.0 Å². The van der Waals surface area contributed by atoms with Gasteiger partial charge < -0.3 is 9.72 Å². The fourth-order valence-electron chi connectivity index (χ4n) is 2.34.